The third-order valence-corrected chi connectivity index (χ3v) is 3.72. The number of anilines is 1. The quantitative estimate of drug-likeness (QED) is 0.898. The molecule has 2 rings (SSSR count). The van der Waals surface area contributed by atoms with Gasteiger partial charge in [-0.3, -0.25) is 0 Å². The minimum atomic E-state index is 0.533. The second-order valence-electron chi connectivity index (χ2n) is 5.65. The van der Waals surface area contributed by atoms with Crippen LogP contribution >= 0.6 is 0 Å². The maximum Gasteiger partial charge on any atom is 0.162 e. The van der Waals surface area contributed by atoms with E-state index < -0.39 is 0 Å². The van der Waals surface area contributed by atoms with Crippen LogP contribution in [-0.4, -0.2) is 39.4 Å². The van der Waals surface area contributed by atoms with E-state index in [2.05, 4.69) is 36.2 Å². The summed E-state index contributed by atoms with van der Waals surface area (Å²) in [5.41, 5.74) is 1.21. The van der Waals surface area contributed by atoms with Crippen molar-refractivity contribution in [2.45, 2.75) is 38.8 Å². The number of rotatable bonds is 5. The van der Waals surface area contributed by atoms with Crippen molar-refractivity contribution in [2.75, 3.05) is 32.2 Å². The normalized spacial score (nSPS) is 19.2. The predicted octanol–water partition coefficient (Wildman–Crippen LogP) is 2.67. The van der Waals surface area contributed by atoms with Gasteiger partial charge in [0.2, 0.25) is 0 Å². The maximum absolute atomic E-state index is 5.39. The van der Waals surface area contributed by atoms with Crippen LogP contribution in [0.25, 0.3) is 0 Å². The number of hydrogen-bond donors (Lipinski definition) is 1. The number of benzene rings is 1. The molecule has 0 spiro atoms. The first-order valence-electron chi connectivity index (χ1n) is 7.37. The topological polar surface area (TPSA) is 33.7 Å². The van der Waals surface area contributed by atoms with Crippen LogP contribution in [0.2, 0.25) is 0 Å². The first-order valence-corrected chi connectivity index (χ1v) is 7.37. The molecule has 4 heteroatoms. The summed E-state index contributed by atoms with van der Waals surface area (Å²) < 4.78 is 10.7. The molecule has 0 aromatic heterocycles. The van der Waals surface area contributed by atoms with Crippen molar-refractivity contribution in [3.05, 3.63) is 18.2 Å². The van der Waals surface area contributed by atoms with E-state index in [4.69, 9.17) is 9.47 Å². The summed E-state index contributed by atoms with van der Waals surface area (Å²) in [6, 6.07) is 7.26. The van der Waals surface area contributed by atoms with Gasteiger partial charge in [-0.15, -0.1) is 0 Å². The van der Waals surface area contributed by atoms with E-state index in [1.54, 1.807) is 14.2 Å². The number of ether oxygens (including phenoxy) is 2. The predicted molar refractivity (Wildman–Crippen MR) is 83.1 cm³/mol. The van der Waals surface area contributed by atoms with Gasteiger partial charge in [0.1, 0.15) is 0 Å². The lowest BCUT2D eigenvalue weighted by Gasteiger charge is -2.36. The van der Waals surface area contributed by atoms with E-state index >= 15 is 0 Å². The maximum atomic E-state index is 5.39. The van der Waals surface area contributed by atoms with Gasteiger partial charge in [0, 0.05) is 36.9 Å². The first kappa shape index (κ1) is 15.0. The summed E-state index contributed by atoms with van der Waals surface area (Å²) in [4.78, 5) is 2.42. The van der Waals surface area contributed by atoms with Crippen molar-refractivity contribution in [3.8, 4) is 11.5 Å². The Labute approximate surface area is 122 Å². The highest BCUT2D eigenvalue weighted by molar-refractivity contribution is 5.56. The minimum Gasteiger partial charge on any atom is -0.493 e. The number of hydrogen-bond acceptors (Lipinski definition) is 4. The third kappa shape index (κ3) is 3.57. The van der Waals surface area contributed by atoms with E-state index in [1.165, 1.54) is 18.5 Å². The van der Waals surface area contributed by atoms with Crippen molar-refractivity contribution in [1.29, 1.82) is 0 Å². The molecule has 20 heavy (non-hydrogen) atoms. The molecule has 1 atom stereocenters. The summed E-state index contributed by atoms with van der Waals surface area (Å²) in [7, 11) is 3.35. The van der Waals surface area contributed by atoms with Crippen LogP contribution in [0.3, 0.4) is 0 Å². The molecule has 0 amide bonds. The molecule has 0 aliphatic carbocycles. The zero-order chi connectivity index (χ0) is 14.5. The number of piperidine rings is 1. The number of nitrogens with one attached hydrogen (secondary N) is 1. The van der Waals surface area contributed by atoms with Crippen LogP contribution in [0.1, 0.15) is 26.7 Å². The molecule has 0 bridgehead atoms. The van der Waals surface area contributed by atoms with Gasteiger partial charge in [-0.05, 0) is 25.0 Å². The zero-order valence-electron chi connectivity index (χ0n) is 13.0. The lowest BCUT2D eigenvalue weighted by Crippen LogP contribution is -2.47. The van der Waals surface area contributed by atoms with Crippen molar-refractivity contribution < 1.29 is 9.47 Å². The monoisotopic (exact) mass is 278 g/mol. The van der Waals surface area contributed by atoms with Crippen molar-refractivity contribution in [2.24, 2.45) is 0 Å². The highest BCUT2D eigenvalue weighted by Crippen LogP contribution is 2.32. The van der Waals surface area contributed by atoms with Gasteiger partial charge in [-0.1, -0.05) is 13.8 Å². The Balaban J connectivity index is 2.10. The molecule has 1 aromatic carbocycles. The molecule has 1 N–H and O–H groups in total. The highest BCUT2D eigenvalue weighted by atomic mass is 16.5. The van der Waals surface area contributed by atoms with Gasteiger partial charge in [-0.2, -0.15) is 0 Å². The summed E-state index contributed by atoms with van der Waals surface area (Å²) in [5, 5.41) is 3.63. The van der Waals surface area contributed by atoms with Crippen molar-refractivity contribution in [1.82, 2.24) is 5.32 Å². The lowest BCUT2D eigenvalue weighted by molar-refractivity contribution is 0.354. The van der Waals surface area contributed by atoms with Gasteiger partial charge in [0.05, 0.1) is 14.2 Å². The fraction of sp³-hybridized carbons (Fsp3) is 0.625. The van der Waals surface area contributed by atoms with E-state index in [0.717, 1.165) is 24.6 Å². The average molecular weight is 278 g/mol. The Morgan fingerprint density at radius 1 is 1.20 bits per heavy atom. The van der Waals surface area contributed by atoms with E-state index in [-0.39, 0.29) is 0 Å². The molecule has 1 fully saturated rings. The highest BCUT2D eigenvalue weighted by Gasteiger charge is 2.21. The molecule has 1 unspecified atom stereocenters. The summed E-state index contributed by atoms with van der Waals surface area (Å²) in [6.07, 6.45) is 2.47. The molecule has 1 aliphatic heterocycles. The van der Waals surface area contributed by atoms with Gasteiger partial charge in [0.15, 0.2) is 11.5 Å². The lowest BCUT2D eigenvalue weighted by atomic mass is 10.0. The van der Waals surface area contributed by atoms with E-state index in [0.29, 0.717) is 12.1 Å². The van der Waals surface area contributed by atoms with Gasteiger partial charge >= 0.3 is 0 Å². The molecule has 112 valence electrons. The second-order valence-corrected chi connectivity index (χ2v) is 5.65. The van der Waals surface area contributed by atoms with Crippen LogP contribution in [-0.2, 0) is 0 Å². The molecule has 4 nitrogen and oxygen atoms in total. The summed E-state index contributed by atoms with van der Waals surface area (Å²) in [5.74, 6) is 1.58. The molecular weight excluding hydrogens is 252 g/mol. The summed E-state index contributed by atoms with van der Waals surface area (Å²) in [6.45, 7) is 6.56. The summed E-state index contributed by atoms with van der Waals surface area (Å²) >= 11 is 0. The average Bonchev–Trinajstić information content (AvgIpc) is 2.46. The second kappa shape index (κ2) is 6.84. The SMILES string of the molecule is COc1ccc(N2CCCC(NC(C)C)C2)cc1OC. The molecule has 0 saturated carbocycles. The third-order valence-electron chi connectivity index (χ3n) is 3.72. The minimum absolute atomic E-state index is 0.533. The fourth-order valence-electron chi connectivity index (χ4n) is 2.84. The van der Waals surface area contributed by atoms with E-state index in [1.807, 2.05) is 6.07 Å². The Bertz CT molecular complexity index is 434. The van der Waals surface area contributed by atoms with Crippen molar-refractivity contribution in [3.63, 3.8) is 0 Å². The van der Waals surface area contributed by atoms with Gasteiger partial charge in [0.25, 0.3) is 0 Å². The molecule has 0 radical (unpaired) electrons. The van der Waals surface area contributed by atoms with Gasteiger partial charge < -0.3 is 19.7 Å². The van der Waals surface area contributed by atoms with Crippen molar-refractivity contribution >= 4 is 5.69 Å². The molecule has 1 saturated heterocycles. The Kier molecular flexibility index (Phi) is 5.12. The Morgan fingerprint density at radius 3 is 2.60 bits per heavy atom. The smallest absolute Gasteiger partial charge is 0.162 e. The van der Waals surface area contributed by atoms with Crippen LogP contribution in [0.15, 0.2) is 18.2 Å². The Hall–Kier alpha value is -1.42. The van der Waals surface area contributed by atoms with Crippen LogP contribution in [0.5, 0.6) is 11.5 Å². The largest absolute Gasteiger partial charge is 0.493 e. The molecule has 1 heterocycles. The van der Waals surface area contributed by atoms with Crippen LogP contribution in [0.4, 0.5) is 5.69 Å². The molecule has 1 aliphatic rings. The first-order chi connectivity index (χ1) is 9.63. The van der Waals surface area contributed by atoms with Crippen LogP contribution < -0.4 is 19.7 Å². The standard InChI is InChI=1S/C16H26N2O2/c1-12(2)17-13-6-5-9-18(11-13)14-7-8-15(19-3)16(10-14)20-4/h7-8,10,12-13,17H,5-6,9,11H2,1-4H3. The molecular formula is C16H26N2O2. The zero-order valence-corrected chi connectivity index (χ0v) is 13.0. The Morgan fingerprint density at radius 2 is 1.95 bits per heavy atom. The number of methoxy groups -OCH3 is 2. The van der Waals surface area contributed by atoms with Crippen LogP contribution in [0, 0.1) is 0 Å². The number of nitrogens with zero attached hydrogens (tertiary/aromatic N) is 1. The van der Waals surface area contributed by atoms with E-state index in [9.17, 15) is 0 Å². The van der Waals surface area contributed by atoms with Gasteiger partial charge in [-0.25, -0.2) is 0 Å². The molecule has 1 aromatic rings. The fourth-order valence-corrected chi connectivity index (χ4v) is 2.84.